The molecule has 0 bridgehead atoms. The lowest BCUT2D eigenvalue weighted by Crippen LogP contribution is -2.37. The van der Waals surface area contributed by atoms with Crippen molar-refractivity contribution in [2.24, 2.45) is 0 Å². The number of likely N-dealkylation sites (N-methyl/N-ethyl adjacent to an activating group) is 1. The molecule has 10 heteroatoms. The summed E-state index contributed by atoms with van der Waals surface area (Å²) in [5.41, 5.74) is 0. The SMILES string of the molecule is CCCCC/C=C\C/C=C\CCCCCCCCCC(=O)OC(COC(=O)CCCCCCCCCCCCCCCCCCCCCCCCCCCCCCC)COP(=O)([O-])OCC[N+](C)(C)C. The first-order chi connectivity index (χ1) is 34.0. The Morgan fingerprint density at radius 3 is 1.16 bits per heavy atom. The topological polar surface area (TPSA) is 111 Å². The van der Waals surface area contributed by atoms with Crippen molar-refractivity contribution >= 4 is 19.8 Å². The third-order valence-electron chi connectivity index (χ3n) is 13.5. The Morgan fingerprint density at radius 2 is 0.771 bits per heavy atom. The van der Waals surface area contributed by atoms with Crippen LogP contribution in [0.2, 0.25) is 0 Å². The Hall–Kier alpha value is -1.51. The summed E-state index contributed by atoms with van der Waals surface area (Å²) in [7, 11) is 1.17. The molecule has 0 spiro atoms. The van der Waals surface area contributed by atoms with E-state index in [0.717, 1.165) is 51.4 Å². The van der Waals surface area contributed by atoms with Gasteiger partial charge in [0.15, 0.2) is 6.10 Å². The first-order valence-electron chi connectivity index (χ1n) is 30.0. The molecule has 0 radical (unpaired) electrons. The maximum absolute atomic E-state index is 12.8. The molecule has 0 fully saturated rings. The number of carbonyl (C=O) groups is 2. The average Bonchev–Trinajstić information content (AvgIpc) is 3.32. The van der Waals surface area contributed by atoms with Crippen LogP contribution in [0.3, 0.4) is 0 Å². The van der Waals surface area contributed by atoms with Crippen molar-refractivity contribution in [2.75, 3.05) is 47.5 Å². The third-order valence-corrected chi connectivity index (χ3v) is 14.4. The highest BCUT2D eigenvalue weighted by Gasteiger charge is 2.22. The maximum atomic E-state index is 12.8. The number of quaternary nitrogens is 1. The van der Waals surface area contributed by atoms with Crippen LogP contribution in [0, 0.1) is 0 Å². The molecule has 9 nitrogen and oxygen atoms in total. The Labute approximate surface area is 434 Å². The zero-order chi connectivity index (χ0) is 51.3. The zero-order valence-electron chi connectivity index (χ0n) is 47.0. The molecule has 70 heavy (non-hydrogen) atoms. The highest BCUT2D eigenvalue weighted by atomic mass is 31.2. The van der Waals surface area contributed by atoms with Gasteiger partial charge in [-0.05, 0) is 44.9 Å². The fraction of sp³-hybridized carbons (Fsp3) is 0.900. The van der Waals surface area contributed by atoms with E-state index in [2.05, 4.69) is 38.2 Å². The van der Waals surface area contributed by atoms with Gasteiger partial charge in [0.25, 0.3) is 7.82 Å². The Bertz CT molecular complexity index is 1240. The summed E-state index contributed by atoms with van der Waals surface area (Å²) in [4.78, 5) is 37.8. The summed E-state index contributed by atoms with van der Waals surface area (Å²) in [6, 6.07) is 0. The van der Waals surface area contributed by atoms with Crippen LogP contribution in [-0.4, -0.2) is 70.0 Å². The van der Waals surface area contributed by atoms with Gasteiger partial charge < -0.3 is 27.9 Å². The summed E-state index contributed by atoms with van der Waals surface area (Å²) in [5, 5.41) is 0. The average molecular weight is 1010 g/mol. The fourth-order valence-corrected chi connectivity index (χ4v) is 9.54. The number of hydrogen-bond donors (Lipinski definition) is 0. The van der Waals surface area contributed by atoms with Crippen molar-refractivity contribution in [1.82, 2.24) is 0 Å². The molecule has 0 amide bonds. The van der Waals surface area contributed by atoms with Gasteiger partial charge in [-0.15, -0.1) is 0 Å². The van der Waals surface area contributed by atoms with Crippen molar-refractivity contribution < 1.29 is 42.1 Å². The molecule has 0 aromatic rings. The number of ether oxygens (including phenoxy) is 2. The van der Waals surface area contributed by atoms with Crippen molar-refractivity contribution in [3.05, 3.63) is 24.3 Å². The molecule has 0 aromatic carbocycles. The molecule has 0 saturated heterocycles. The second-order valence-electron chi connectivity index (χ2n) is 21.7. The van der Waals surface area contributed by atoms with Crippen LogP contribution < -0.4 is 4.89 Å². The van der Waals surface area contributed by atoms with E-state index in [-0.39, 0.29) is 32.0 Å². The molecule has 414 valence electrons. The largest absolute Gasteiger partial charge is 0.756 e. The monoisotopic (exact) mass is 1010 g/mol. The van der Waals surface area contributed by atoms with Crippen LogP contribution in [0.1, 0.15) is 296 Å². The van der Waals surface area contributed by atoms with E-state index in [0.29, 0.717) is 17.4 Å². The van der Waals surface area contributed by atoms with Gasteiger partial charge in [-0.25, -0.2) is 0 Å². The molecule has 0 heterocycles. The minimum Gasteiger partial charge on any atom is -0.756 e. The molecule has 0 aliphatic carbocycles. The van der Waals surface area contributed by atoms with Crippen molar-refractivity contribution in [3.63, 3.8) is 0 Å². The summed E-state index contributed by atoms with van der Waals surface area (Å²) >= 11 is 0. The van der Waals surface area contributed by atoms with Gasteiger partial charge in [-0.1, -0.05) is 263 Å². The number of esters is 2. The normalized spacial score (nSPS) is 13.4. The van der Waals surface area contributed by atoms with Crippen LogP contribution in [0.4, 0.5) is 0 Å². The van der Waals surface area contributed by atoms with Gasteiger partial charge in [0.1, 0.15) is 19.8 Å². The fourth-order valence-electron chi connectivity index (χ4n) is 8.81. The van der Waals surface area contributed by atoms with E-state index in [9.17, 15) is 19.0 Å². The molecule has 0 aromatic heterocycles. The smallest absolute Gasteiger partial charge is 0.306 e. The summed E-state index contributed by atoms with van der Waals surface area (Å²) < 4.78 is 34.2. The van der Waals surface area contributed by atoms with Crippen molar-refractivity contribution in [2.45, 2.75) is 302 Å². The number of rotatable bonds is 56. The van der Waals surface area contributed by atoms with Gasteiger partial charge in [0.05, 0.1) is 27.7 Å². The van der Waals surface area contributed by atoms with E-state index in [1.54, 1.807) is 0 Å². The second kappa shape index (κ2) is 52.4. The quantitative estimate of drug-likeness (QED) is 0.0195. The minimum atomic E-state index is -4.63. The standard InChI is InChI=1S/C60H116NO8P/c1-6-8-10-12-14-16-18-20-22-24-25-26-27-28-29-30-31-32-33-34-35-37-38-40-42-44-46-48-50-52-59(62)66-56-58(57-68-70(64,65)67-55-54-61(3,4)5)69-60(63)53-51-49-47-45-43-41-39-36-23-21-19-17-15-13-11-9-7-2/h15,17,21,23,58H,6-14,16,18-20,22,24-57H2,1-5H3/b17-15-,23-21-. The van der Waals surface area contributed by atoms with E-state index in [4.69, 9.17) is 18.5 Å². The molecule has 0 aliphatic rings. The lowest BCUT2D eigenvalue weighted by atomic mass is 10.0. The van der Waals surface area contributed by atoms with Gasteiger partial charge in [-0.3, -0.25) is 14.2 Å². The third kappa shape index (κ3) is 55.8. The van der Waals surface area contributed by atoms with Gasteiger partial charge in [0, 0.05) is 12.8 Å². The lowest BCUT2D eigenvalue weighted by molar-refractivity contribution is -0.870. The molecule has 0 saturated carbocycles. The highest BCUT2D eigenvalue weighted by Crippen LogP contribution is 2.38. The predicted molar refractivity (Wildman–Crippen MR) is 296 cm³/mol. The molecule has 0 rings (SSSR count). The van der Waals surface area contributed by atoms with Crippen LogP contribution in [0.5, 0.6) is 0 Å². The predicted octanol–water partition coefficient (Wildman–Crippen LogP) is 18.0. The van der Waals surface area contributed by atoms with Crippen molar-refractivity contribution in [1.29, 1.82) is 0 Å². The molecular formula is C60H116NO8P. The molecular weight excluding hydrogens is 894 g/mol. The number of phosphoric acid groups is 1. The van der Waals surface area contributed by atoms with Gasteiger partial charge >= 0.3 is 11.9 Å². The Kier molecular flexibility index (Phi) is 51.2. The molecule has 2 atom stereocenters. The number of allylic oxidation sites excluding steroid dienone is 4. The van der Waals surface area contributed by atoms with E-state index >= 15 is 0 Å². The summed E-state index contributed by atoms with van der Waals surface area (Å²) in [6.45, 7) is 4.25. The maximum Gasteiger partial charge on any atom is 0.306 e. The second-order valence-corrected chi connectivity index (χ2v) is 23.1. The number of carbonyl (C=O) groups excluding carboxylic acids is 2. The molecule has 0 N–H and O–H groups in total. The summed E-state index contributed by atoms with van der Waals surface area (Å²) in [5.74, 6) is -0.827. The Morgan fingerprint density at radius 1 is 0.443 bits per heavy atom. The van der Waals surface area contributed by atoms with E-state index < -0.39 is 26.5 Å². The lowest BCUT2D eigenvalue weighted by Gasteiger charge is -2.28. The van der Waals surface area contributed by atoms with Crippen LogP contribution in [0.15, 0.2) is 24.3 Å². The molecule has 0 aliphatic heterocycles. The van der Waals surface area contributed by atoms with Crippen molar-refractivity contribution in [3.8, 4) is 0 Å². The van der Waals surface area contributed by atoms with Gasteiger partial charge in [-0.2, -0.15) is 0 Å². The van der Waals surface area contributed by atoms with Crippen LogP contribution >= 0.6 is 7.82 Å². The number of phosphoric ester groups is 1. The van der Waals surface area contributed by atoms with E-state index in [1.807, 2.05) is 21.1 Å². The Balaban J connectivity index is 4.04. The van der Waals surface area contributed by atoms with Crippen LogP contribution in [-0.2, 0) is 32.7 Å². The van der Waals surface area contributed by atoms with Gasteiger partial charge in [0.2, 0.25) is 0 Å². The molecule has 2 unspecified atom stereocenters. The number of hydrogen-bond acceptors (Lipinski definition) is 8. The number of unbranched alkanes of at least 4 members (excludes halogenated alkanes) is 38. The minimum absolute atomic E-state index is 0.0302. The first-order valence-corrected chi connectivity index (χ1v) is 31.5. The van der Waals surface area contributed by atoms with Crippen LogP contribution in [0.25, 0.3) is 0 Å². The summed E-state index contributed by atoms with van der Waals surface area (Å²) in [6.07, 6.45) is 62.4. The number of nitrogens with zero attached hydrogens (tertiary/aromatic N) is 1. The first kappa shape index (κ1) is 68.5. The van der Waals surface area contributed by atoms with E-state index in [1.165, 1.54) is 212 Å². The highest BCUT2D eigenvalue weighted by molar-refractivity contribution is 7.45. The zero-order valence-corrected chi connectivity index (χ0v) is 47.9.